The molecule has 3 heterocycles. The number of hydrogen-bond acceptors (Lipinski definition) is 9. The Bertz CT molecular complexity index is 820. The second kappa shape index (κ2) is 7.49. The summed E-state index contributed by atoms with van der Waals surface area (Å²) < 4.78 is 6.00. The second-order valence-electron chi connectivity index (χ2n) is 4.86. The molecule has 1 amide bonds. The zero-order chi connectivity index (χ0) is 16.9. The smallest absolute Gasteiger partial charge is 0.249 e. The first kappa shape index (κ1) is 16.5. The van der Waals surface area contributed by atoms with Crippen molar-refractivity contribution in [2.75, 3.05) is 5.75 Å². The number of rotatable bonds is 6. The average molecular weight is 362 g/mol. The molecule has 0 aliphatic rings. The summed E-state index contributed by atoms with van der Waals surface area (Å²) in [6, 6.07) is 3.20. The molecule has 3 rings (SSSR count). The van der Waals surface area contributed by atoms with Crippen LogP contribution in [0, 0.1) is 6.92 Å². The van der Waals surface area contributed by atoms with Gasteiger partial charge in [-0.25, -0.2) is 0 Å². The fraction of sp³-hybridized carbons (Fsp3) is 0.286. The molecule has 1 unspecified atom stereocenters. The minimum absolute atomic E-state index is 0.135. The number of nitrogens with zero attached hydrogens (tertiary/aromatic N) is 5. The summed E-state index contributed by atoms with van der Waals surface area (Å²) in [5.74, 6) is 0.938. The standard InChI is InChI=1S/C14H14N6O2S2/c1-8(16-11(21)7-23-14-19-18-9(2)24-14)13-17-12(20-22-13)10-3-5-15-6-4-10/h3-6,8H,7H2,1-2H3,(H,16,21). The van der Waals surface area contributed by atoms with Crippen LogP contribution >= 0.6 is 23.1 Å². The molecule has 0 radical (unpaired) electrons. The first-order valence-corrected chi connectivity index (χ1v) is 8.88. The predicted octanol–water partition coefficient (Wildman–Crippen LogP) is 2.26. The molecular formula is C14H14N6O2S2. The zero-order valence-electron chi connectivity index (χ0n) is 13.0. The predicted molar refractivity (Wildman–Crippen MR) is 89.5 cm³/mol. The van der Waals surface area contributed by atoms with Gasteiger partial charge in [0.2, 0.25) is 17.6 Å². The van der Waals surface area contributed by atoms with E-state index in [1.807, 2.05) is 6.92 Å². The molecule has 0 aromatic carbocycles. The lowest BCUT2D eigenvalue weighted by Gasteiger charge is -2.08. The largest absolute Gasteiger partial charge is 0.344 e. The summed E-state index contributed by atoms with van der Waals surface area (Å²) in [6.07, 6.45) is 3.31. The van der Waals surface area contributed by atoms with Crippen molar-refractivity contribution in [2.45, 2.75) is 24.2 Å². The quantitative estimate of drug-likeness (QED) is 0.666. The number of hydrogen-bond donors (Lipinski definition) is 1. The molecule has 124 valence electrons. The van der Waals surface area contributed by atoms with Gasteiger partial charge in [0.1, 0.15) is 11.0 Å². The third-order valence-electron chi connectivity index (χ3n) is 2.96. The molecule has 3 aromatic rings. The van der Waals surface area contributed by atoms with Crippen LogP contribution < -0.4 is 5.32 Å². The van der Waals surface area contributed by atoms with E-state index in [4.69, 9.17) is 4.52 Å². The van der Waals surface area contributed by atoms with Crippen molar-refractivity contribution in [3.8, 4) is 11.4 Å². The maximum atomic E-state index is 12.0. The van der Waals surface area contributed by atoms with Gasteiger partial charge in [-0.2, -0.15) is 4.98 Å². The number of amides is 1. The van der Waals surface area contributed by atoms with Gasteiger partial charge in [-0.1, -0.05) is 28.3 Å². The topological polar surface area (TPSA) is 107 Å². The number of nitrogens with one attached hydrogen (secondary N) is 1. The molecule has 10 heteroatoms. The van der Waals surface area contributed by atoms with Crippen LogP contribution in [-0.2, 0) is 4.79 Å². The highest BCUT2D eigenvalue weighted by Gasteiger charge is 2.17. The Balaban J connectivity index is 1.55. The lowest BCUT2D eigenvalue weighted by molar-refractivity contribution is -0.119. The van der Waals surface area contributed by atoms with Crippen LogP contribution in [-0.4, -0.2) is 37.0 Å². The molecule has 0 fully saturated rings. The fourth-order valence-corrected chi connectivity index (χ4v) is 3.46. The van der Waals surface area contributed by atoms with E-state index in [1.165, 1.54) is 23.1 Å². The van der Waals surface area contributed by atoms with Gasteiger partial charge >= 0.3 is 0 Å². The van der Waals surface area contributed by atoms with Crippen LogP contribution in [0.25, 0.3) is 11.4 Å². The first-order chi connectivity index (χ1) is 11.6. The van der Waals surface area contributed by atoms with Crippen molar-refractivity contribution < 1.29 is 9.32 Å². The summed E-state index contributed by atoms with van der Waals surface area (Å²) >= 11 is 2.81. The summed E-state index contributed by atoms with van der Waals surface area (Å²) in [4.78, 5) is 20.3. The molecule has 1 atom stereocenters. The Morgan fingerprint density at radius 1 is 1.38 bits per heavy atom. The van der Waals surface area contributed by atoms with Gasteiger partial charge in [-0.15, -0.1) is 10.2 Å². The molecular weight excluding hydrogens is 348 g/mol. The SMILES string of the molecule is Cc1nnc(SCC(=O)NC(C)c2nc(-c3ccncc3)no2)s1. The van der Waals surface area contributed by atoms with E-state index in [-0.39, 0.29) is 17.7 Å². The second-order valence-corrected chi connectivity index (χ2v) is 7.26. The Kier molecular flexibility index (Phi) is 5.16. The number of thioether (sulfide) groups is 1. The van der Waals surface area contributed by atoms with Gasteiger partial charge < -0.3 is 9.84 Å². The lowest BCUT2D eigenvalue weighted by Crippen LogP contribution is -2.28. The highest BCUT2D eigenvalue weighted by Crippen LogP contribution is 2.22. The summed E-state index contributed by atoms with van der Waals surface area (Å²) in [5, 5.41) is 15.5. The van der Waals surface area contributed by atoms with E-state index in [2.05, 4.69) is 30.6 Å². The molecule has 0 aliphatic carbocycles. The van der Waals surface area contributed by atoms with E-state index in [0.717, 1.165) is 14.9 Å². The maximum Gasteiger partial charge on any atom is 0.249 e. The zero-order valence-corrected chi connectivity index (χ0v) is 14.6. The minimum Gasteiger partial charge on any atom is -0.344 e. The molecule has 0 saturated heterocycles. The van der Waals surface area contributed by atoms with Gasteiger partial charge in [0.05, 0.1) is 5.75 Å². The fourth-order valence-electron chi connectivity index (χ4n) is 1.84. The molecule has 0 aliphatic heterocycles. The number of carbonyl (C=O) groups excluding carboxylic acids is 1. The van der Waals surface area contributed by atoms with Crippen LogP contribution in [0.1, 0.15) is 23.9 Å². The van der Waals surface area contributed by atoms with Crippen molar-refractivity contribution in [3.05, 3.63) is 35.4 Å². The van der Waals surface area contributed by atoms with Gasteiger partial charge in [0.25, 0.3) is 0 Å². The molecule has 1 N–H and O–H groups in total. The molecule has 0 spiro atoms. The molecule has 8 nitrogen and oxygen atoms in total. The maximum absolute atomic E-state index is 12.0. The van der Waals surface area contributed by atoms with E-state index in [0.29, 0.717) is 11.7 Å². The van der Waals surface area contributed by atoms with Crippen LogP contribution in [0.4, 0.5) is 0 Å². The van der Waals surface area contributed by atoms with Crippen molar-refractivity contribution >= 4 is 29.0 Å². The lowest BCUT2D eigenvalue weighted by atomic mass is 10.2. The van der Waals surface area contributed by atoms with Crippen LogP contribution in [0.15, 0.2) is 33.4 Å². The normalized spacial score (nSPS) is 12.1. The van der Waals surface area contributed by atoms with Crippen molar-refractivity contribution in [1.82, 2.24) is 30.6 Å². The van der Waals surface area contributed by atoms with Crippen molar-refractivity contribution in [2.24, 2.45) is 0 Å². The van der Waals surface area contributed by atoms with E-state index >= 15 is 0 Å². The molecule has 0 saturated carbocycles. The van der Waals surface area contributed by atoms with Crippen LogP contribution in [0.2, 0.25) is 0 Å². The van der Waals surface area contributed by atoms with Crippen molar-refractivity contribution in [1.29, 1.82) is 0 Å². The first-order valence-electron chi connectivity index (χ1n) is 7.08. The Morgan fingerprint density at radius 3 is 2.88 bits per heavy atom. The molecule has 0 bridgehead atoms. The van der Waals surface area contributed by atoms with Gasteiger partial charge in [0.15, 0.2) is 4.34 Å². The highest BCUT2D eigenvalue weighted by molar-refractivity contribution is 8.01. The number of carbonyl (C=O) groups is 1. The Labute approximate surface area is 146 Å². The Hall–Kier alpha value is -2.33. The number of aryl methyl sites for hydroxylation is 1. The molecule has 24 heavy (non-hydrogen) atoms. The summed E-state index contributed by atoms with van der Waals surface area (Å²) in [5.41, 5.74) is 0.806. The number of pyridine rings is 1. The van der Waals surface area contributed by atoms with Crippen LogP contribution in [0.5, 0.6) is 0 Å². The van der Waals surface area contributed by atoms with E-state index in [9.17, 15) is 4.79 Å². The van der Waals surface area contributed by atoms with Crippen molar-refractivity contribution in [3.63, 3.8) is 0 Å². The molecule has 3 aromatic heterocycles. The third kappa shape index (κ3) is 4.15. The summed E-state index contributed by atoms with van der Waals surface area (Å²) in [6.45, 7) is 3.67. The number of aromatic nitrogens is 5. The summed E-state index contributed by atoms with van der Waals surface area (Å²) in [7, 11) is 0. The minimum atomic E-state index is -0.377. The average Bonchev–Trinajstić information content (AvgIpc) is 3.23. The van der Waals surface area contributed by atoms with Gasteiger partial charge in [0, 0.05) is 18.0 Å². The van der Waals surface area contributed by atoms with Gasteiger partial charge in [-0.3, -0.25) is 9.78 Å². The highest BCUT2D eigenvalue weighted by atomic mass is 32.2. The Morgan fingerprint density at radius 2 is 2.17 bits per heavy atom. The van der Waals surface area contributed by atoms with Gasteiger partial charge in [-0.05, 0) is 26.0 Å². The third-order valence-corrected chi connectivity index (χ3v) is 4.93. The van der Waals surface area contributed by atoms with E-state index in [1.54, 1.807) is 31.5 Å². The van der Waals surface area contributed by atoms with E-state index < -0.39 is 0 Å². The van der Waals surface area contributed by atoms with Crippen LogP contribution in [0.3, 0.4) is 0 Å². The monoisotopic (exact) mass is 362 g/mol.